The number of carbonyl (C=O) groups excluding carboxylic acids is 2. The van der Waals surface area contributed by atoms with Crippen LogP contribution in [0.5, 0.6) is 0 Å². The predicted octanol–water partition coefficient (Wildman–Crippen LogP) is 5.28. The molecule has 172 valence electrons. The van der Waals surface area contributed by atoms with E-state index in [0.717, 1.165) is 63.4 Å². The van der Waals surface area contributed by atoms with Gasteiger partial charge in [0.05, 0.1) is 6.10 Å². The summed E-state index contributed by atoms with van der Waals surface area (Å²) in [4.78, 5) is 27.9. The quantitative estimate of drug-likeness (QED) is 0.567. The van der Waals surface area contributed by atoms with Crippen molar-refractivity contribution in [3.8, 4) is 0 Å². The SMILES string of the molecule is CCCC[C@@H](C)[C@@H]1CCCC(OC)CCC(C)/C=C(/C)C(=O)N2CCC[C@H]2C(=O)O1. The smallest absolute Gasteiger partial charge is 0.329 e. The van der Waals surface area contributed by atoms with Gasteiger partial charge in [-0.2, -0.15) is 0 Å². The molecule has 1 amide bonds. The fourth-order valence-corrected chi connectivity index (χ4v) is 4.84. The van der Waals surface area contributed by atoms with Crippen LogP contribution in [0.1, 0.15) is 91.9 Å². The lowest BCUT2D eigenvalue weighted by molar-refractivity contribution is -0.160. The number of amides is 1. The summed E-state index contributed by atoms with van der Waals surface area (Å²) in [5.41, 5.74) is 0.735. The number of carbonyl (C=O) groups is 2. The zero-order valence-electron chi connectivity index (χ0n) is 19.8. The van der Waals surface area contributed by atoms with Gasteiger partial charge in [-0.05, 0) is 70.1 Å². The monoisotopic (exact) mass is 421 g/mol. The minimum atomic E-state index is -0.436. The summed E-state index contributed by atoms with van der Waals surface area (Å²) in [6.45, 7) is 9.06. The fourth-order valence-electron chi connectivity index (χ4n) is 4.84. The lowest BCUT2D eigenvalue weighted by atomic mass is 9.92. The first-order valence-corrected chi connectivity index (χ1v) is 12.1. The first kappa shape index (κ1) is 24.9. The van der Waals surface area contributed by atoms with E-state index in [-0.39, 0.29) is 24.1 Å². The maximum Gasteiger partial charge on any atom is 0.329 e. The van der Waals surface area contributed by atoms with Gasteiger partial charge >= 0.3 is 5.97 Å². The number of unbranched alkanes of at least 4 members (excludes halogenated alkanes) is 1. The Kier molecular flexibility index (Phi) is 10.4. The van der Waals surface area contributed by atoms with Gasteiger partial charge in [-0.25, -0.2) is 4.79 Å². The Morgan fingerprint density at radius 3 is 2.63 bits per heavy atom. The summed E-state index contributed by atoms with van der Waals surface area (Å²) >= 11 is 0. The van der Waals surface area contributed by atoms with Crippen molar-refractivity contribution in [2.75, 3.05) is 13.7 Å². The summed E-state index contributed by atoms with van der Waals surface area (Å²) in [5, 5.41) is 0. The Morgan fingerprint density at radius 2 is 1.93 bits per heavy atom. The van der Waals surface area contributed by atoms with E-state index >= 15 is 0 Å². The largest absolute Gasteiger partial charge is 0.461 e. The Hall–Kier alpha value is -1.36. The second kappa shape index (κ2) is 12.5. The molecule has 2 aliphatic rings. The first-order valence-electron chi connectivity index (χ1n) is 12.1. The van der Waals surface area contributed by atoms with E-state index in [4.69, 9.17) is 9.47 Å². The molecule has 0 aromatic rings. The first-order chi connectivity index (χ1) is 14.4. The van der Waals surface area contributed by atoms with Crippen molar-refractivity contribution in [1.29, 1.82) is 0 Å². The van der Waals surface area contributed by atoms with Gasteiger partial charge in [0.2, 0.25) is 5.91 Å². The predicted molar refractivity (Wildman–Crippen MR) is 120 cm³/mol. The van der Waals surface area contributed by atoms with Gasteiger partial charge in [-0.15, -0.1) is 0 Å². The molecule has 30 heavy (non-hydrogen) atoms. The average Bonchev–Trinajstić information content (AvgIpc) is 3.22. The van der Waals surface area contributed by atoms with Crippen LogP contribution in [-0.2, 0) is 19.1 Å². The van der Waals surface area contributed by atoms with Gasteiger partial charge in [-0.1, -0.05) is 39.7 Å². The summed E-state index contributed by atoms with van der Waals surface area (Å²) in [5.74, 6) is 0.410. The molecule has 0 saturated carbocycles. The minimum Gasteiger partial charge on any atom is -0.461 e. The zero-order valence-corrected chi connectivity index (χ0v) is 19.8. The molecule has 0 aromatic carbocycles. The van der Waals surface area contributed by atoms with Gasteiger partial charge in [0, 0.05) is 19.2 Å². The molecule has 0 radical (unpaired) electrons. The number of allylic oxidation sites excluding steroid dienone is 1. The van der Waals surface area contributed by atoms with Gasteiger partial charge in [0.1, 0.15) is 12.1 Å². The van der Waals surface area contributed by atoms with Gasteiger partial charge < -0.3 is 14.4 Å². The summed E-state index contributed by atoms with van der Waals surface area (Å²) in [6.07, 6.45) is 11.9. The number of cyclic esters (lactones) is 1. The van der Waals surface area contributed by atoms with Crippen molar-refractivity contribution in [2.45, 2.75) is 110 Å². The number of hydrogen-bond acceptors (Lipinski definition) is 4. The third-order valence-corrected chi connectivity index (χ3v) is 6.86. The van der Waals surface area contributed by atoms with Crippen molar-refractivity contribution in [3.05, 3.63) is 11.6 Å². The van der Waals surface area contributed by atoms with Crippen LogP contribution in [0.15, 0.2) is 11.6 Å². The summed E-state index contributed by atoms with van der Waals surface area (Å²) in [7, 11) is 1.78. The van der Waals surface area contributed by atoms with Crippen molar-refractivity contribution in [2.24, 2.45) is 11.8 Å². The molecule has 2 aliphatic heterocycles. The van der Waals surface area contributed by atoms with Crippen molar-refractivity contribution >= 4 is 11.9 Å². The van der Waals surface area contributed by atoms with Crippen LogP contribution in [0.4, 0.5) is 0 Å². The van der Waals surface area contributed by atoms with Crippen molar-refractivity contribution in [1.82, 2.24) is 4.90 Å². The number of methoxy groups -OCH3 is 1. The van der Waals surface area contributed by atoms with Crippen LogP contribution in [0, 0.1) is 11.8 Å². The Labute approximate surface area is 183 Å². The number of hydrogen-bond donors (Lipinski definition) is 0. The van der Waals surface area contributed by atoms with Crippen LogP contribution in [-0.4, -0.2) is 48.7 Å². The molecule has 0 aromatic heterocycles. The Balaban J connectivity index is 2.22. The molecule has 0 aliphatic carbocycles. The highest BCUT2D eigenvalue weighted by Crippen LogP contribution is 2.27. The zero-order chi connectivity index (χ0) is 22.1. The highest BCUT2D eigenvalue weighted by molar-refractivity contribution is 5.96. The number of nitrogens with zero attached hydrogens (tertiary/aromatic N) is 1. The van der Waals surface area contributed by atoms with Gasteiger partial charge in [0.25, 0.3) is 0 Å². The highest BCUT2D eigenvalue weighted by atomic mass is 16.5. The van der Waals surface area contributed by atoms with E-state index in [9.17, 15) is 9.59 Å². The average molecular weight is 422 g/mol. The Bertz CT molecular complexity index is 588. The number of esters is 1. The molecular weight excluding hydrogens is 378 g/mol. The van der Waals surface area contributed by atoms with Crippen molar-refractivity contribution in [3.63, 3.8) is 0 Å². The number of rotatable bonds is 5. The molecule has 5 atom stereocenters. The lowest BCUT2D eigenvalue weighted by Gasteiger charge is -2.29. The number of fused-ring (bicyclic) bond motifs is 1. The van der Waals surface area contributed by atoms with Gasteiger partial charge in [0.15, 0.2) is 0 Å². The third kappa shape index (κ3) is 7.11. The molecule has 2 heterocycles. The Morgan fingerprint density at radius 1 is 1.17 bits per heavy atom. The van der Waals surface area contributed by atoms with E-state index in [2.05, 4.69) is 26.8 Å². The molecule has 5 nitrogen and oxygen atoms in total. The van der Waals surface area contributed by atoms with E-state index < -0.39 is 6.04 Å². The minimum absolute atomic E-state index is 0.0185. The topological polar surface area (TPSA) is 55.8 Å². The molecule has 2 rings (SSSR count). The second-order valence-electron chi connectivity index (χ2n) is 9.44. The van der Waals surface area contributed by atoms with Gasteiger partial charge in [-0.3, -0.25) is 4.79 Å². The lowest BCUT2D eigenvalue weighted by Crippen LogP contribution is -2.43. The molecule has 0 N–H and O–H groups in total. The molecular formula is C25H43NO4. The standard InChI is InChI=1S/C25H43NO4/c1-6-7-10-19(3)23-13-8-11-21(29-5)15-14-18(2)17-20(4)24(27)26-16-9-12-22(26)25(28)30-23/h17-19,21-23H,6-16H2,1-5H3/b20-17-/t18?,19-,21?,22+,23+/m1/s1. The molecule has 2 unspecified atom stereocenters. The van der Waals surface area contributed by atoms with E-state index in [1.807, 2.05) is 6.92 Å². The van der Waals surface area contributed by atoms with Crippen LogP contribution in [0.2, 0.25) is 0 Å². The van der Waals surface area contributed by atoms with Crippen molar-refractivity contribution < 1.29 is 19.1 Å². The maximum atomic E-state index is 13.1. The van der Waals surface area contributed by atoms with E-state index in [1.165, 1.54) is 0 Å². The number of ether oxygens (including phenoxy) is 2. The van der Waals surface area contributed by atoms with Crippen LogP contribution in [0.3, 0.4) is 0 Å². The van der Waals surface area contributed by atoms with E-state index in [0.29, 0.717) is 24.8 Å². The molecule has 0 spiro atoms. The molecule has 0 bridgehead atoms. The highest BCUT2D eigenvalue weighted by Gasteiger charge is 2.37. The fraction of sp³-hybridized carbons (Fsp3) is 0.840. The van der Waals surface area contributed by atoms with Crippen LogP contribution < -0.4 is 0 Å². The third-order valence-electron chi connectivity index (χ3n) is 6.86. The van der Waals surface area contributed by atoms with Crippen LogP contribution >= 0.6 is 0 Å². The molecule has 5 heteroatoms. The summed E-state index contributed by atoms with van der Waals surface area (Å²) < 4.78 is 11.8. The molecule has 1 fully saturated rings. The summed E-state index contributed by atoms with van der Waals surface area (Å²) in [6, 6.07) is -0.436. The van der Waals surface area contributed by atoms with E-state index in [1.54, 1.807) is 12.0 Å². The normalized spacial score (nSPS) is 32.4. The van der Waals surface area contributed by atoms with Crippen LogP contribution in [0.25, 0.3) is 0 Å². The second-order valence-corrected chi connectivity index (χ2v) is 9.44. The maximum absolute atomic E-state index is 13.1. The molecule has 1 saturated heterocycles.